The van der Waals surface area contributed by atoms with E-state index in [1.807, 2.05) is 18.2 Å². The molecular weight excluding hydrogens is 276 g/mol. The van der Waals surface area contributed by atoms with E-state index >= 15 is 0 Å². The van der Waals surface area contributed by atoms with Crippen molar-refractivity contribution in [1.29, 1.82) is 0 Å². The third-order valence-electron chi connectivity index (χ3n) is 2.88. The molecule has 0 radical (unpaired) electrons. The van der Waals surface area contributed by atoms with Gasteiger partial charge in [0.2, 0.25) is 5.09 Å². The highest BCUT2D eigenvalue weighted by atomic mass is 32.2. The summed E-state index contributed by atoms with van der Waals surface area (Å²) >= 11 is 0. The van der Waals surface area contributed by atoms with Crippen LogP contribution >= 0.6 is 0 Å². The van der Waals surface area contributed by atoms with Crippen LogP contribution in [-0.2, 0) is 23.0 Å². The van der Waals surface area contributed by atoms with Crippen molar-refractivity contribution in [2.24, 2.45) is 5.14 Å². The minimum absolute atomic E-state index is 0.196. The molecule has 2 rings (SSSR count). The lowest BCUT2D eigenvalue weighted by Crippen LogP contribution is -2.15. The standard InChI is InChI=1S/C14H18N2O3S/c15-20(17,18)14-9-8-13(19-14)11-16-10-4-7-12-5-2-1-3-6-12/h1-3,5-6,8-9,16H,4,7,10-11H2,(H2,15,17,18). The Balaban J connectivity index is 1.70. The minimum atomic E-state index is -3.75. The van der Waals surface area contributed by atoms with Gasteiger partial charge < -0.3 is 9.73 Å². The molecule has 0 bridgehead atoms. The number of hydrogen-bond acceptors (Lipinski definition) is 4. The molecule has 6 heteroatoms. The predicted octanol–water partition coefficient (Wildman–Crippen LogP) is 1.65. The maximum absolute atomic E-state index is 11.0. The molecule has 3 N–H and O–H groups in total. The van der Waals surface area contributed by atoms with Crippen LogP contribution in [0.5, 0.6) is 0 Å². The van der Waals surface area contributed by atoms with Crippen molar-refractivity contribution in [3.05, 3.63) is 53.8 Å². The van der Waals surface area contributed by atoms with Crippen LogP contribution in [-0.4, -0.2) is 15.0 Å². The Kier molecular flexibility index (Phi) is 4.94. The van der Waals surface area contributed by atoms with Crippen molar-refractivity contribution in [2.75, 3.05) is 6.54 Å². The number of rotatable bonds is 7. The average molecular weight is 294 g/mol. The monoisotopic (exact) mass is 294 g/mol. The topological polar surface area (TPSA) is 85.3 Å². The van der Waals surface area contributed by atoms with Gasteiger partial charge in [-0.2, -0.15) is 0 Å². The summed E-state index contributed by atoms with van der Waals surface area (Å²) in [6, 6.07) is 13.2. The Morgan fingerprint density at radius 1 is 1.10 bits per heavy atom. The smallest absolute Gasteiger partial charge is 0.271 e. The second-order valence-corrected chi connectivity index (χ2v) is 6.02. The normalized spacial score (nSPS) is 11.7. The zero-order valence-corrected chi connectivity index (χ0v) is 11.9. The van der Waals surface area contributed by atoms with Gasteiger partial charge in [-0.25, -0.2) is 13.6 Å². The summed E-state index contributed by atoms with van der Waals surface area (Å²) in [6.45, 7) is 1.32. The minimum Gasteiger partial charge on any atom is -0.447 e. The third-order valence-corrected chi connectivity index (χ3v) is 3.66. The number of nitrogens with one attached hydrogen (secondary N) is 1. The highest BCUT2D eigenvalue weighted by molar-refractivity contribution is 7.89. The molecule has 0 atom stereocenters. The summed E-state index contributed by atoms with van der Waals surface area (Å²) in [6.07, 6.45) is 2.02. The maximum atomic E-state index is 11.0. The maximum Gasteiger partial charge on any atom is 0.271 e. The van der Waals surface area contributed by atoms with Crippen LogP contribution in [0.1, 0.15) is 17.7 Å². The van der Waals surface area contributed by atoms with Crippen molar-refractivity contribution in [3.63, 3.8) is 0 Å². The number of nitrogens with two attached hydrogens (primary N) is 1. The van der Waals surface area contributed by atoms with Gasteiger partial charge in [0.25, 0.3) is 10.0 Å². The van der Waals surface area contributed by atoms with Crippen molar-refractivity contribution in [2.45, 2.75) is 24.5 Å². The van der Waals surface area contributed by atoms with Crippen LogP contribution in [0.15, 0.2) is 52.0 Å². The molecule has 0 aliphatic heterocycles. The number of aryl methyl sites for hydroxylation is 1. The van der Waals surface area contributed by atoms with Crippen LogP contribution in [0.4, 0.5) is 0 Å². The van der Waals surface area contributed by atoms with Gasteiger partial charge in [0.1, 0.15) is 5.76 Å². The van der Waals surface area contributed by atoms with E-state index in [0.29, 0.717) is 12.3 Å². The SMILES string of the molecule is NS(=O)(=O)c1ccc(CNCCCc2ccccc2)o1. The summed E-state index contributed by atoms with van der Waals surface area (Å²) in [5.74, 6) is 0.564. The molecule has 1 aromatic heterocycles. The van der Waals surface area contributed by atoms with Gasteiger partial charge in [0.05, 0.1) is 6.54 Å². The van der Waals surface area contributed by atoms with E-state index in [0.717, 1.165) is 19.4 Å². The van der Waals surface area contributed by atoms with E-state index in [1.165, 1.54) is 11.6 Å². The molecular formula is C14H18N2O3S. The number of benzene rings is 1. The van der Waals surface area contributed by atoms with Crippen molar-refractivity contribution in [1.82, 2.24) is 5.32 Å². The zero-order valence-electron chi connectivity index (χ0n) is 11.1. The summed E-state index contributed by atoms with van der Waals surface area (Å²) in [5, 5.41) is 7.98. The van der Waals surface area contributed by atoms with Crippen LogP contribution in [0.3, 0.4) is 0 Å². The second-order valence-electron chi connectivity index (χ2n) is 4.53. The Labute approximate surface area is 118 Å². The quantitative estimate of drug-likeness (QED) is 0.760. The number of furan rings is 1. The molecule has 0 fully saturated rings. The first-order valence-corrected chi connectivity index (χ1v) is 7.96. The Hall–Kier alpha value is -1.63. The van der Waals surface area contributed by atoms with Crippen molar-refractivity contribution >= 4 is 10.0 Å². The molecule has 1 aromatic carbocycles. The average Bonchev–Trinajstić information content (AvgIpc) is 2.88. The molecule has 0 spiro atoms. The molecule has 0 aliphatic rings. The summed E-state index contributed by atoms with van der Waals surface area (Å²) in [7, 11) is -3.75. The van der Waals surface area contributed by atoms with E-state index in [4.69, 9.17) is 9.56 Å². The lowest BCUT2D eigenvalue weighted by Gasteiger charge is -2.03. The fourth-order valence-electron chi connectivity index (χ4n) is 1.88. The van der Waals surface area contributed by atoms with E-state index in [-0.39, 0.29) is 5.09 Å². The first-order valence-electron chi connectivity index (χ1n) is 6.42. The number of hydrogen-bond donors (Lipinski definition) is 2. The van der Waals surface area contributed by atoms with Crippen LogP contribution < -0.4 is 10.5 Å². The third kappa shape index (κ3) is 4.48. The lowest BCUT2D eigenvalue weighted by atomic mass is 10.1. The molecule has 20 heavy (non-hydrogen) atoms. The molecule has 0 unspecified atom stereocenters. The lowest BCUT2D eigenvalue weighted by molar-refractivity contribution is 0.402. The number of sulfonamides is 1. The molecule has 108 valence electrons. The fourth-order valence-corrected chi connectivity index (χ4v) is 2.36. The van der Waals surface area contributed by atoms with Gasteiger partial charge in [0.15, 0.2) is 0 Å². The highest BCUT2D eigenvalue weighted by Gasteiger charge is 2.12. The first kappa shape index (κ1) is 14.8. The van der Waals surface area contributed by atoms with Crippen molar-refractivity contribution in [3.8, 4) is 0 Å². The molecule has 0 saturated heterocycles. The number of primary sulfonamides is 1. The fraction of sp³-hybridized carbons (Fsp3) is 0.286. The van der Waals surface area contributed by atoms with E-state index < -0.39 is 10.0 Å². The predicted molar refractivity (Wildman–Crippen MR) is 76.6 cm³/mol. The van der Waals surface area contributed by atoms with Gasteiger partial charge in [-0.05, 0) is 37.1 Å². The molecule has 0 aliphatic carbocycles. The Bertz CT molecular complexity index is 635. The van der Waals surface area contributed by atoms with Crippen LogP contribution in [0.2, 0.25) is 0 Å². The molecule has 0 amide bonds. The molecule has 2 aromatic rings. The van der Waals surface area contributed by atoms with Gasteiger partial charge >= 0.3 is 0 Å². The Morgan fingerprint density at radius 3 is 2.50 bits per heavy atom. The second kappa shape index (κ2) is 6.69. The first-order chi connectivity index (χ1) is 9.55. The zero-order chi connectivity index (χ0) is 14.4. The summed E-state index contributed by atoms with van der Waals surface area (Å²) in [5.41, 5.74) is 1.31. The molecule has 5 nitrogen and oxygen atoms in total. The molecule has 0 saturated carbocycles. The molecule has 1 heterocycles. The van der Waals surface area contributed by atoms with Crippen molar-refractivity contribution < 1.29 is 12.8 Å². The van der Waals surface area contributed by atoms with Gasteiger partial charge in [-0.3, -0.25) is 0 Å². The summed E-state index contributed by atoms with van der Waals surface area (Å²) < 4.78 is 27.2. The van der Waals surface area contributed by atoms with Crippen LogP contribution in [0.25, 0.3) is 0 Å². The summed E-state index contributed by atoms with van der Waals surface area (Å²) in [4.78, 5) is 0. The van der Waals surface area contributed by atoms with E-state index in [1.54, 1.807) is 6.07 Å². The highest BCUT2D eigenvalue weighted by Crippen LogP contribution is 2.11. The Morgan fingerprint density at radius 2 is 1.85 bits per heavy atom. The van der Waals surface area contributed by atoms with E-state index in [2.05, 4.69) is 17.4 Å². The van der Waals surface area contributed by atoms with E-state index in [9.17, 15) is 8.42 Å². The van der Waals surface area contributed by atoms with Crippen LogP contribution in [0, 0.1) is 0 Å². The largest absolute Gasteiger partial charge is 0.447 e. The van der Waals surface area contributed by atoms with Gasteiger partial charge in [0, 0.05) is 0 Å². The van der Waals surface area contributed by atoms with Gasteiger partial charge in [-0.1, -0.05) is 30.3 Å². The van der Waals surface area contributed by atoms with Gasteiger partial charge in [-0.15, -0.1) is 0 Å².